The molecule has 0 fully saturated rings. The van der Waals surface area contributed by atoms with Crippen molar-refractivity contribution in [2.75, 3.05) is 21.8 Å². The number of anilines is 3. The summed E-state index contributed by atoms with van der Waals surface area (Å²) in [5.74, 6) is 0.620. The summed E-state index contributed by atoms with van der Waals surface area (Å²) in [6.07, 6.45) is 5.66. The van der Waals surface area contributed by atoms with Crippen molar-refractivity contribution < 1.29 is 9.59 Å². The largest absolute Gasteiger partial charge is 0.326 e. The number of nitrogens with zero attached hydrogens (tertiary/aromatic N) is 3. The maximum Gasteiger partial charge on any atom is 0.240 e. The monoisotopic (exact) mass is 449 g/mol. The van der Waals surface area contributed by atoms with Crippen LogP contribution in [0.3, 0.4) is 0 Å². The molecule has 0 aliphatic rings. The van der Waals surface area contributed by atoms with Gasteiger partial charge in [0, 0.05) is 36.7 Å². The first kappa shape index (κ1) is 22.8. The molecule has 2 amide bonds. The average molecular weight is 450 g/mol. The van der Waals surface area contributed by atoms with E-state index >= 15 is 0 Å². The van der Waals surface area contributed by atoms with Crippen molar-refractivity contribution >= 4 is 53.2 Å². The molecule has 4 N–H and O–H groups in total. The molecule has 164 valence electrons. The number of rotatable bonds is 10. The Morgan fingerprint density at radius 1 is 1.09 bits per heavy atom. The Morgan fingerprint density at radius 3 is 2.66 bits per heavy atom. The van der Waals surface area contributed by atoms with Gasteiger partial charge in [-0.2, -0.15) is 10.1 Å². The van der Waals surface area contributed by atoms with Gasteiger partial charge in [-0.3, -0.25) is 9.59 Å². The van der Waals surface area contributed by atoms with Crippen molar-refractivity contribution in [3.8, 4) is 0 Å². The Labute approximate surface area is 189 Å². The van der Waals surface area contributed by atoms with E-state index < -0.39 is 0 Å². The Morgan fingerprint density at radius 2 is 1.88 bits per heavy atom. The molecule has 0 saturated carbocycles. The van der Waals surface area contributed by atoms with E-state index in [9.17, 15) is 9.59 Å². The first-order valence-corrected chi connectivity index (χ1v) is 10.8. The predicted molar refractivity (Wildman–Crippen MR) is 129 cm³/mol. The van der Waals surface area contributed by atoms with Crippen LogP contribution < -0.4 is 16.1 Å². The summed E-state index contributed by atoms with van der Waals surface area (Å²) in [4.78, 5) is 27.5. The maximum absolute atomic E-state index is 12.1. The lowest BCUT2D eigenvalue weighted by atomic mass is 10.2. The summed E-state index contributed by atoms with van der Waals surface area (Å²) in [6, 6.07) is 16.9. The van der Waals surface area contributed by atoms with Gasteiger partial charge in [-0.25, -0.2) is 10.5 Å². The van der Waals surface area contributed by atoms with Crippen molar-refractivity contribution in [1.29, 1.82) is 0 Å². The van der Waals surface area contributed by atoms with Gasteiger partial charge in [-0.1, -0.05) is 54.2 Å². The Kier molecular flexibility index (Phi) is 8.58. The highest BCUT2D eigenvalue weighted by molar-refractivity contribution is 7.99. The number of aromatic nitrogens is 3. The molecule has 1 heterocycles. The zero-order chi connectivity index (χ0) is 22.6. The highest BCUT2D eigenvalue weighted by Gasteiger charge is 2.07. The fourth-order valence-electron chi connectivity index (χ4n) is 2.56. The zero-order valence-electron chi connectivity index (χ0n) is 17.4. The van der Waals surface area contributed by atoms with Gasteiger partial charge in [-0.05, 0) is 29.8 Å². The Hall–Kier alpha value is -3.92. The van der Waals surface area contributed by atoms with E-state index in [0.29, 0.717) is 28.2 Å². The Bertz CT molecular complexity index is 1100. The minimum Gasteiger partial charge on any atom is -0.326 e. The normalized spacial score (nSPS) is 11.0. The van der Waals surface area contributed by atoms with Gasteiger partial charge in [0.2, 0.25) is 22.9 Å². The molecule has 3 aromatic rings. The van der Waals surface area contributed by atoms with Crippen molar-refractivity contribution in [3.63, 3.8) is 0 Å². The highest BCUT2D eigenvalue weighted by atomic mass is 32.2. The van der Waals surface area contributed by atoms with E-state index in [0.717, 1.165) is 5.56 Å². The Balaban J connectivity index is 1.37. The number of thioether (sulfide) groups is 1. The third-order valence-electron chi connectivity index (χ3n) is 3.91. The van der Waals surface area contributed by atoms with E-state index in [1.807, 2.05) is 42.5 Å². The second kappa shape index (κ2) is 12.1. The number of aromatic amines is 1. The topological polar surface area (TPSA) is 124 Å². The van der Waals surface area contributed by atoms with Gasteiger partial charge >= 0.3 is 0 Å². The van der Waals surface area contributed by atoms with E-state index in [1.54, 1.807) is 30.5 Å². The van der Waals surface area contributed by atoms with Gasteiger partial charge in [0.25, 0.3) is 0 Å². The van der Waals surface area contributed by atoms with Crippen LogP contribution in [0.1, 0.15) is 18.9 Å². The van der Waals surface area contributed by atoms with Gasteiger partial charge in [0.1, 0.15) is 0 Å². The fraction of sp³-hybridized carbons (Fsp3) is 0.136. The molecule has 0 radical (unpaired) electrons. The van der Waals surface area contributed by atoms with Crippen LogP contribution >= 0.6 is 11.8 Å². The van der Waals surface area contributed by atoms with Crippen LogP contribution in [-0.4, -0.2) is 39.0 Å². The minimum atomic E-state index is -0.167. The standard InChI is InChI=1S/C22H23N7O2S/c1-16(30)24-18-10-5-11-19(15-18)25-20(31)12-14-32-22-26-21(28-29-22)27-23-13-6-9-17-7-3-2-4-8-17/h2-11,13,15H,12,14H2,1H3,(H,24,30)(H,25,31)(H2,26,27,28,29)/b9-6+,23-13-. The molecule has 9 nitrogen and oxygen atoms in total. The molecule has 0 bridgehead atoms. The summed E-state index contributed by atoms with van der Waals surface area (Å²) in [5, 5.41) is 16.9. The van der Waals surface area contributed by atoms with Crippen LogP contribution in [0.4, 0.5) is 17.3 Å². The molecule has 3 rings (SSSR count). The fourth-order valence-corrected chi connectivity index (χ4v) is 3.29. The summed E-state index contributed by atoms with van der Waals surface area (Å²) in [5.41, 5.74) is 5.10. The van der Waals surface area contributed by atoms with Crippen LogP contribution in [0, 0.1) is 0 Å². The lowest BCUT2D eigenvalue weighted by Crippen LogP contribution is -2.13. The third-order valence-corrected chi connectivity index (χ3v) is 4.76. The molecule has 32 heavy (non-hydrogen) atoms. The van der Waals surface area contributed by atoms with Gasteiger partial charge < -0.3 is 10.6 Å². The minimum absolute atomic E-state index is 0.138. The smallest absolute Gasteiger partial charge is 0.240 e. The van der Waals surface area contributed by atoms with Gasteiger partial charge in [0.15, 0.2) is 0 Å². The van der Waals surface area contributed by atoms with Crippen molar-refractivity contribution in [3.05, 3.63) is 66.2 Å². The number of carbonyl (C=O) groups excluding carboxylic acids is 2. The molecule has 0 atom stereocenters. The molecule has 0 unspecified atom stereocenters. The van der Waals surface area contributed by atoms with Crippen LogP contribution in [-0.2, 0) is 9.59 Å². The van der Waals surface area contributed by atoms with Crippen LogP contribution in [0.15, 0.2) is 70.9 Å². The number of carbonyl (C=O) groups is 2. The molecule has 0 aliphatic heterocycles. The lowest BCUT2D eigenvalue weighted by Gasteiger charge is -2.07. The van der Waals surface area contributed by atoms with E-state index in [2.05, 4.69) is 36.3 Å². The first-order chi connectivity index (χ1) is 15.6. The number of hydrogen-bond donors (Lipinski definition) is 4. The number of benzene rings is 2. The summed E-state index contributed by atoms with van der Waals surface area (Å²) < 4.78 is 0. The molecular weight excluding hydrogens is 426 g/mol. The molecule has 2 aromatic carbocycles. The van der Waals surface area contributed by atoms with Gasteiger partial charge in [-0.15, -0.1) is 5.10 Å². The molecular formula is C22H23N7O2S. The number of H-pyrrole nitrogens is 1. The summed E-state index contributed by atoms with van der Waals surface area (Å²) >= 11 is 1.36. The number of amides is 2. The molecule has 0 aliphatic carbocycles. The molecule has 0 saturated heterocycles. The lowest BCUT2D eigenvalue weighted by molar-refractivity contribution is -0.116. The van der Waals surface area contributed by atoms with Crippen molar-refractivity contribution in [2.45, 2.75) is 18.5 Å². The quantitative estimate of drug-likeness (QED) is 0.211. The zero-order valence-corrected chi connectivity index (χ0v) is 18.2. The number of hydrazone groups is 1. The SMILES string of the molecule is CC(=O)Nc1cccc(NC(=O)CCSc2n[nH]c(N/N=C\C=C\c3ccccc3)n2)c1. The molecule has 10 heteroatoms. The van der Waals surface area contributed by atoms with Crippen molar-refractivity contribution in [2.24, 2.45) is 5.10 Å². The predicted octanol–water partition coefficient (Wildman–Crippen LogP) is 4.00. The highest BCUT2D eigenvalue weighted by Crippen LogP contribution is 2.17. The summed E-state index contributed by atoms with van der Waals surface area (Å²) in [7, 11) is 0. The summed E-state index contributed by atoms with van der Waals surface area (Å²) in [6.45, 7) is 1.43. The van der Waals surface area contributed by atoms with E-state index in [1.165, 1.54) is 18.7 Å². The number of hydrogen-bond acceptors (Lipinski definition) is 7. The van der Waals surface area contributed by atoms with Crippen molar-refractivity contribution in [1.82, 2.24) is 15.2 Å². The second-order valence-electron chi connectivity index (χ2n) is 6.53. The van der Waals surface area contributed by atoms with Crippen LogP contribution in [0.5, 0.6) is 0 Å². The van der Waals surface area contributed by atoms with E-state index in [-0.39, 0.29) is 18.2 Å². The van der Waals surface area contributed by atoms with Gasteiger partial charge in [0.05, 0.1) is 0 Å². The number of nitrogens with one attached hydrogen (secondary N) is 4. The second-order valence-corrected chi connectivity index (χ2v) is 7.60. The molecule has 0 spiro atoms. The maximum atomic E-state index is 12.1. The average Bonchev–Trinajstić information content (AvgIpc) is 3.21. The first-order valence-electron chi connectivity index (χ1n) is 9.82. The van der Waals surface area contributed by atoms with Crippen LogP contribution in [0.2, 0.25) is 0 Å². The van der Waals surface area contributed by atoms with Crippen LogP contribution in [0.25, 0.3) is 6.08 Å². The third kappa shape index (κ3) is 8.07. The van der Waals surface area contributed by atoms with E-state index in [4.69, 9.17) is 0 Å². The number of allylic oxidation sites excluding steroid dienone is 1. The molecule has 1 aromatic heterocycles.